The maximum Gasteiger partial charge on any atom is 0.142 e. The van der Waals surface area contributed by atoms with Crippen molar-refractivity contribution < 1.29 is 9.47 Å². The van der Waals surface area contributed by atoms with E-state index < -0.39 is 0 Å². The first-order chi connectivity index (χ1) is 11.8. The monoisotopic (exact) mass is 359 g/mol. The molecule has 0 aliphatic carbocycles. The van der Waals surface area contributed by atoms with E-state index >= 15 is 0 Å². The zero-order valence-corrected chi connectivity index (χ0v) is 15.2. The Morgan fingerprint density at radius 1 is 1.21 bits per heavy atom. The van der Waals surface area contributed by atoms with Crippen LogP contribution in [-0.4, -0.2) is 29.1 Å². The summed E-state index contributed by atoms with van der Waals surface area (Å²) in [4.78, 5) is 3.21. The standard InChI is InChI=1S/C19H21NO2S2/c23-19-20(11-10-16-7-3-1-4-8-16)15-21-14-18(24-19)13-17-9-5-2-6-12-22-17/h1,3-4,6-9,12-13H,2,5,10-11,14-15H2/b18-13-. The highest BCUT2D eigenvalue weighted by Gasteiger charge is 2.18. The van der Waals surface area contributed by atoms with E-state index in [9.17, 15) is 0 Å². The Balaban J connectivity index is 1.58. The molecule has 3 nitrogen and oxygen atoms in total. The highest BCUT2D eigenvalue weighted by Crippen LogP contribution is 2.26. The van der Waals surface area contributed by atoms with Gasteiger partial charge in [0.25, 0.3) is 0 Å². The third-order valence-corrected chi connectivity index (χ3v) is 5.20. The van der Waals surface area contributed by atoms with Gasteiger partial charge in [-0.1, -0.05) is 54.3 Å². The average molecular weight is 360 g/mol. The van der Waals surface area contributed by atoms with Crippen LogP contribution in [0.25, 0.3) is 0 Å². The molecule has 1 saturated heterocycles. The van der Waals surface area contributed by atoms with Crippen LogP contribution in [0.3, 0.4) is 0 Å². The topological polar surface area (TPSA) is 21.7 Å². The Hall–Kier alpha value is -1.56. The SMILES string of the molecule is S=C1S/C(=C\C2=CCCC=CO2)COCN1CCc1ccccc1. The van der Waals surface area contributed by atoms with E-state index in [2.05, 4.69) is 35.2 Å². The minimum atomic E-state index is 0.538. The van der Waals surface area contributed by atoms with Crippen LogP contribution in [0.5, 0.6) is 0 Å². The summed E-state index contributed by atoms with van der Waals surface area (Å²) in [5.41, 5.74) is 1.31. The van der Waals surface area contributed by atoms with E-state index in [1.165, 1.54) is 5.56 Å². The first-order valence-corrected chi connectivity index (χ1v) is 9.34. The molecule has 1 aromatic carbocycles. The number of thioether (sulfide) groups is 1. The Morgan fingerprint density at radius 3 is 2.96 bits per heavy atom. The van der Waals surface area contributed by atoms with Gasteiger partial charge in [-0.3, -0.25) is 0 Å². The van der Waals surface area contributed by atoms with Gasteiger partial charge in [0, 0.05) is 11.4 Å². The van der Waals surface area contributed by atoms with Crippen LogP contribution in [0.4, 0.5) is 0 Å². The molecule has 3 rings (SSSR count). The van der Waals surface area contributed by atoms with Gasteiger partial charge in [0.05, 0.1) is 12.9 Å². The molecule has 5 heteroatoms. The number of nitrogens with zero attached hydrogens (tertiary/aromatic N) is 1. The van der Waals surface area contributed by atoms with Gasteiger partial charge in [-0.2, -0.15) is 0 Å². The lowest BCUT2D eigenvalue weighted by molar-refractivity contribution is 0.0885. The molecule has 24 heavy (non-hydrogen) atoms. The van der Waals surface area contributed by atoms with Crippen molar-refractivity contribution in [3.8, 4) is 0 Å². The number of benzene rings is 1. The molecule has 0 aromatic heterocycles. The lowest BCUT2D eigenvalue weighted by atomic mass is 10.1. The minimum absolute atomic E-state index is 0.538. The quantitative estimate of drug-likeness (QED) is 0.729. The van der Waals surface area contributed by atoms with Crippen LogP contribution in [0.1, 0.15) is 18.4 Å². The fourth-order valence-electron chi connectivity index (χ4n) is 2.47. The van der Waals surface area contributed by atoms with Crippen LogP contribution in [0.2, 0.25) is 0 Å². The molecule has 0 amide bonds. The predicted octanol–water partition coefficient (Wildman–Crippen LogP) is 4.63. The maximum absolute atomic E-state index is 5.80. The molecular formula is C19H21NO2S2. The van der Waals surface area contributed by atoms with E-state index in [1.807, 2.05) is 18.2 Å². The van der Waals surface area contributed by atoms with E-state index in [4.69, 9.17) is 21.7 Å². The third kappa shape index (κ3) is 5.23. The molecule has 0 unspecified atom stereocenters. The molecule has 1 fully saturated rings. The Kier molecular flexibility index (Phi) is 6.52. The largest absolute Gasteiger partial charge is 0.466 e. The molecule has 0 spiro atoms. The summed E-state index contributed by atoms with van der Waals surface area (Å²) in [5.74, 6) is 0.871. The molecule has 1 aromatic rings. The van der Waals surface area contributed by atoms with Gasteiger partial charge >= 0.3 is 0 Å². The normalized spacial score (nSPS) is 20.3. The van der Waals surface area contributed by atoms with E-state index in [0.717, 1.165) is 40.8 Å². The molecule has 0 radical (unpaired) electrons. The maximum atomic E-state index is 5.80. The first kappa shape index (κ1) is 17.3. The van der Waals surface area contributed by atoms with Crippen molar-refractivity contribution in [2.45, 2.75) is 19.3 Å². The van der Waals surface area contributed by atoms with Gasteiger partial charge in [-0.25, -0.2) is 0 Å². The second-order valence-electron chi connectivity index (χ2n) is 5.63. The summed E-state index contributed by atoms with van der Waals surface area (Å²) in [6.45, 7) is 1.97. The summed E-state index contributed by atoms with van der Waals surface area (Å²) in [6.07, 6.45) is 10.9. The summed E-state index contributed by atoms with van der Waals surface area (Å²) in [5, 5.41) is 0. The molecule has 126 valence electrons. The number of thiocarbonyl (C=S) groups is 1. The van der Waals surface area contributed by atoms with Gasteiger partial charge in [0.2, 0.25) is 0 Å². The van der Waals surface area contributed by atoms with Crippen LogP contribution < -0.4 is 0 Å². The summed E-state index contributed by atoms with van der Waals surface area (Å²) in [7, 11) is 0. The number of allylic oxidation sites excluding steroid dienone is 3. The van der Waals surface area contributed by atoms with Gasteiger partial charge in [0.1, 0.15) is 16.8 Å². The van der Waals surface area contributed by atoms with E-state index in [1.54, 1.807) is 18.0 Å². The summed E-state index contributed by atoms with van der Waals surface area (Å²) in [6, 6.07) is 10.5. The van der Waals surface area contributed by atoms with Crippen LogP contribution in [0, 0.1) is 0 Å². The highest BCUT2D eigenvalue weighted by atomic mass is 32.2. The van der Waals surface area contributed by atoms with Crippen molar-refractivity contribution in [1.29, 1.82) is 0 Å². The van der Waals surface area contributed by atoms with Crippen molar-refractivity contribution >= 4 is 28.3 Å². The molecule has 2 aliphatic rings. The highest BCUT2D eigenvalue weighted by molar-refractivity contribution is 8.25. The van der Waals surface area contributed by atoms with Crippen LogP contribution >= 0.6 is 24.0 Å². The first-order valence-electron chi connectivity index (χ1n) is 8.12. The summed E-state index contributed by atoms with van der Waals surface area (Å²) >= 11 is 7.19. The van der Waals surface area contributed by atoms with Crippen LogP contribution in [0.15, 0.2) is 65.5 Å². The van der Waals surface area contributed by atoms with E-state index in [-0.39, 0.29) is 0 Å². The van der Waals surface area contributed by atoms with Crippen molar-refractivity contribution in [2.24, 2.45) is 0 Å². The minimum Gasteiger partial charge on any atom is -0.466 e. The number of rotatable bonds is 4. The van der Waals surface area contributed by atoms with Gasteiger partial charge in [-0.05, 0) is 43.1 Å². The van der Waals surface area contributed by atoms with Crippen molar-refractivity contribution in [3.05, 3.63) is 71.0 Å². The van der Waals surface area contributed by atoms with Gasteiger partial charge in [-0.15, -0.1) is 0 Å². The Labute approximate surface area is 153 Å². The number of hydrogen-bond acceptors (Lipinski definition) is 4. The molecule has 2 heterocycles. The van der Waals surface area contributed by atoms with Crippen molar-refractivity contribution in [2.75, 3.05) is 19.9 Å². The number of hydrogen-bond donors (Lipinski definition) is 0. The fraction of sp³-hybridized carbons (Fsp3) is 0.316. The lowest BCUT2D eigenvalue weighted by Gasteiger charge is -2.21. The zero-order chi connectivity index (χ0) is 16.6. The molecule has 0 atom stereocenters. The van der Waals surface area contributed by atoms with Gasteiger partial charge < -0.3 is 14.4 Å². The average Bonchev–Trinajstić information content (AvgIpc) is 2.95. The third-order valence-electron chi connectivity index (χ3n) is 3.76. The molecule has 0 bridgehead atoms. The molecule has 2 aliphatic heterocycles. The Bertz CT molecular complexity index is 653. The Morgan fingerprint density at radius 2 is 2.08 bits per heavy atom. The van der Waals surface area contributed by atoms with E-state index in [0.29, 0.717) is 13.3 Å². The summed E-state index contributed by atoms with van der Waals surface area (Å²) < 4.78 is 12.3. The second kappa shape index (κ2) is 9.06. The lowest BCUT2D eigenvalue weighted by Crippen LogP contribution is -2.30. The fourth-order valence-corrected chi connectivity index (χ4v) is 3.75. The van der Waals surface area contributed by atoms with Crippen molar-refractivity contribution in [1.82, 2.24) is 4.90 Å². The smallest absolute Gasteiger partial charge is 0.142 e. The second-order valence-corrected chi connectivity index (χ2v) is 7.39. The molecule has 0 saturated carbocycles. The van der Waals surface area contributed by atoms with Crippen LogP contribution in [-0.2, 0) is 15.9 Å². The molecular weight excluding hydrogens is 338 g/mol. The predicted molar refractivity (Wildman–Crippen MR) is 103 cm³/mol. The van der Waals surface area contributed by atoms with Crippen molar-refractivity contribution in [3.63, 3.8) is 0 Å². The zero-order valence-electron chi connectivity index (χ0n) is 13.5. The number of ether oxygens (including phenoxy) is 2. The van der Waals surface area contributed by atoms with Gasteiger partial charge in [0.15, 0.2) is 0 Å². The molecule has 0 N–H and O–H groups in total.